The van der Waals surface area contributed by atoms with Gasteiger partial charge in [-0.05, 0) is 18.9 Å². The highest BCUT2D eigenvalue weighted by Gasteiger charge is 2.37. The van der Waals surface area contributed by atoms with Crippen LogP contribution in [-0.2, 0) is 0 Å². The highest BCUT2D eigenvalue weighted by atomic mass is 19.1. The van der Waals surface area contributed by atoms with Crippen LogP contribution in [0.4, 0.5) is 4.39 Å². The fourth-order valence-electron chi connectivity index (χ4n) is 2.51. The summed E-state index contributed by atoms with van der Waals surface area (Å²) < 4.78 is 13.5. The van der Waals surface area contributed by atoms with E-state index < -0.39 is 17.5 Å². The van der Waals surface area contributed by atoms with E-state index in [4.69, 9.17) is 0 Å². The highest BCUT2D eigenvalue weighted by molar-refractivity contribution is 5.19. The number of aromatic nitrogens is 1. The van der Waals surface area contributed by atoms with Crippen LogP contribution in [0.5, 0.6) is 0 Å². The maximum atomic E-state index is 13.5. The van der Waals surface area contributed by atoms with Crippen molar-refractivity contribution in [1.29, 1.82) is 0 Å². The first kappa shape index (κ1) is 12.5. The van der Waals surface area contributed by atoms with Gasteiger partial charge in [0.15, 0.2) is 0 Å². The van der Waals surface area contributed by atoms with Crippen molar-refractivity contribution >= 4 is 0 Å². The smallest absolute Gasteiger partial charge is 0.147 e. The monoisotopic (exact) mass is 239 g/mol. The van der Waals surface area contributed by atoms with E-state index in [9.17, 15) is 14.6 Å². The van der Waals surface area contributed by atoms with E-state index in [-0.39, 0.29) is 5.56 Å². The molecule has 1 unspecified atom stereocenters. The predicted octanol–water partition coefficient (Wildman–Crippen LogP) is 2.34. The molecule has 1 heterocycles. The molecule has 0 aliphatic heterocycles. The Morgan fingerprint density at radius 3 is 2.47 bits per heavy atom. The Balaban J connectivity index is 2.23. The Bertz CT molecular complexity index is 375. The third-order valence-corrected chi connectivity index (χ3v) is 3.58. The van der Waals surface area contributed by atoms with Crippen molar-refractivity contribution in [2.75, 3.05) is 0 Å². The number of rotatable bonds is 2. The van der Waals surface area contributed by atoms with Crippen LogP contribution in [0.2, 0.25) is 0 Å². The van der Waals surface area contributed by atoms with Gasteiger partial charge in [-0.3, -0.25) is 4.98 Å². The molecule has 0 saturated heterocycles. The summed E-state index contributed by atoms with van der Waals surface area (Å²) in [6, 6.07) is 1.43. The van der Waals surface area contributed by atoms with E-state index in [2.05, 4.69) is 4.98 Å². The van der Waals surface area contributed by atoms with Crippen LogP contribution in [0, 0.1) is 5.82 Å². The second-order valence-electron chi connectivity index (χ2n) is 4.82. The van der Waals surface area contributed by atoms with Crippen molar-refractivity contribution in [3.8, 4) is 0 Å². The number of halogens is 1. The molecule has 1 saturated carbocycles. The standard InChI is InChI=1S/C13H18FNO2/c14-11-9-15-8-5-10(11)12(16)13(17)6-3-1-2-4-7-13/h5,8-9,12,16-17H,1-4,6-7H2. The van der Waals surface area contributed by atoms with E-state index >= 15 is 0 Å². The number of hydrogen-bond acceptors (Lipinski definition) is 3. The minimum atomic E-state index is -1.20. The minimum absolute atomic E-state index is 0.143. The highest BCUT2D eigenvalue weighted by Crippen LogP contribution is 2.37. The molecule has 0 amide bonds. The number of hydrogen-bond donors (Lipinski definition) is 2. The molecule has 0 bridgehead atoms. The molecule has 0 radical (unpaired) electrons. The SMILES string of the molecule is OC(c1ccncc1F)C1(O)CCCCCC1. The molecule has 17 heavy (non-hydrogen) atoms. The van der Waals surface area contributed by atoms with E-state index in [0.29, 0.717) is 12.8 Å². The van der Waals surface area contributed by atoms with Gasteiger partial charge in [-0.1, -0.05) is 25.7 Å². The topological polar surface area (TPSA) is 53.4 Å². The molecule has 1 fully saturated rings. The first-order chi connectivity index (χ1) is 8.13. The lowest BCUT2D eigenvalue weighted by Gasteiger charge is -2.32. The number of pyridine rings is 1. The van der Waals surface area contributed by atoms with E-state index in [1.54, 1.807) is 0 Å². The third-order valence-electron chi connectivity index (χ3n) is 3.58. The number of aliphatic hydroxyl groups excluding tert-OH is 1. The van der Waals surface area contributed by atoms with E-state index in [1.165, 1.54) is 12.3 Å². The second-order valence-corrected chi connectivity index (χ2v) is 4.82. The fourth-order valence-corrected chi connectivity index (χ4v) is 2.51. The van der Waals surface area contributed by atoms with Gasteiger partial charge >= 0.3 is 0 Å². The van der Waals surface area contributed by atoms with Gasteiger partial charge in [0.2, 0.25) is 0 Å². The summed E-state index contributed by atoms with van der Waals surface area (Å²) in [6.07, 6.45) is 6.26. The zero-order chi connectivity index (χ0) is 12.3. The Morgan fingerprint density at radius 2 is 1.88 bits per heavy atom. The zero-order valence-electron chi connectivity index (χ0n) is 9.77. The van der Waals surface area contributed by atoms with E-state index in [1.807, 2.05) is 0 Å². The first-order valence-corrected chi connectivity index (χ1v) is 6.13. The molecule has 2 rings (SSSR count). The molecular weight excluding hydrogens is 221 g/mol. The molecule has 0 aromatic carbocycles. The van der Waals surface area contributed by atoms with Gasteiger partial charge in [0.25, 0.3) is 0 Å². The average Bonchev–Trinajstić information content (AvgIpc) is 2.55. The molecular formula is C13H18FNO2. The predicted molar refractivity (Wildman–Crippen MR) is 61.8 cm³/mol. The van der Waals surface area contributed by atoms with Crippen molar-refractivity contribution in [3.05, 3.63) is 29.8 Å². The molecule has 0 spiro atoms. The molecule has 3 nitrogen and oxygen atoms in total. The third kappa shape index (κ3) is 2.64. The lowest BCUT2D eigenvalue weighted by atomic mass is 9.85. The normalized spacial score (nSPS) is 21.8. The van der Waals surface area contributed by atoms with Crippen LogP contribution >= 0.6 is 0 Å². The number of aliphatic hydroxyl groups is 2. The summed E-state index contributed by atoms with van der Waals surface area (Å²) in [4.78, 5) is 3.65. The van der Waals surface area contributed by atoms with Crippen LogP contribution in [0.1, 0.15) is 50.2 Å². The van der Waals surface area contributed by atoms with Crippen LogP contribution in [-0.4, -0.2) is 20.8 Å². The molecule has 1 aliphatic carbocycles. The summed E-state index contributed by atoms with van der Waals surface area (Å²) in [5.74, 6) is -0.558. The Labute approximate surface area is 100 Å². The van der Waals surface area contributed by atoms with Gasteiger partial charge in [-0.15, -0.1) is 0 Å². The quantitative estimate of drug-likeness (QED) is 0.779. The Kier molecular flexibility index (Phi) is 3.74. The van der Waals surface area contributed by atoms with Crippen LogP contribution in [0.25, 0.3) is 0 Å². The van der Waals surface area contributed by atoms with Gasteiger partial charge in [0.1, 0.15) is 11.9 Å². The summed E-state index contributed by atoms with van der Waals surface area (Å²) in [6.45, 7) is 0. The minimum Gasteiger partial charge on any atom is -0.387 e. The van der Waals surface area contributed by atoms with Gasteiger partial charge < -0.3 is 10.2 Å². The largest absolute Gasteiger partial charge is 0.387 e. The summed E-state index contributed by atoms with van der Waals surface area (Å²) in [7, 11) is 0. The summed E-state index contributed by atoms with van der Waals surface area (Å²) in [5.41, 5.74) is -1.05. The van der Waals surface area contributed by atoms with Crippen molar-refractivity contribution in [2.45, 2.75) is 50.2 Å². The molecule has 2 N–H and O–H groups in total. The summed E-state index contributed by atoms with van der Waals surface area (Å²) in [5, 5.41) is 20.7. The van der Waals surface area contributed by atoms with Gasteiger partial charge in [-0.25, -0.2) is 4.39 Å². The first-order valence-electron chi connectivity index (χ1n) is 6.13. The molecule has 94 valence electrons. The van der Waals surface area contributed by atoms with Gasteiger partial charge in [-0.2, -0.15) is 0 Å². The van der Waals surface area contributed by atoms with Crippen molar-refractivity contribution in [1.82, 2.24) is 4.98 Å². The zero-order valence-corrected chi connectivity index (χ0v) is 9.77. The van der Waals surface area contributed by atoms with Crippen molar-refractivity contribution < 1.29 is 14.6 Å². The molecule has 1 aromatic rings. The van der Waals surface area contributed by atoms with Crippen molar-refractivity contribution in [2.24, 2.45) is 0 Å². The second kappa shape index (κ2) is 5.10. The molecule has 4 heteroatoms. The van der Waals surface area contributed by atoms with Gasteiger partial charge in [0.05, 0.1) is 11.8 Å². The number of nitrogens with zero attached hydrogens (tertiary/aromatic N) is 1. The maximum Gasteiger partial charge on any atom is 0.147 e. The van der Waals surface area contributed by atoms with Crippen molar-refractivity contribution in [3.63, 3.8) is 0 Å². The molecule has 1 atom stereocenters. The average molecular weight is 239 g/mol. The lowest BCUT2D eigenvalue weighted by molar-refractivity contribution is -0.0880. The van der Waals surface area contributed by atoms with Crippen LogP contribution in [0.15, 0.2) is 18.5 Å². The lowest BCUT2D eigenvalue weighted by Crippen LogP contribution is -2.36. The molecule has 1 aromatic heterocycles. The summed E-state index contributed by atoms with van der Waals surface area (Å²) >= 11 is 0. The maximum absolute atomic E-state index is 13.5. The van der Waals surface area contributed by atoms with Crippen LogP contribution in [0.3, 0.4) is 0 Å². The van der Waals surface area contributed by atoms with E-state index in [0.717, 1.165) is 31.9 Å². The Hall–Kier alpha value is -1.00. The Morgan fingerprint density at radius 1 is 1.24 bits per heavy atom. The van der Waals surface area contributed by atoms with Gasteiger partial charge in [0, 0.05) is 11.8 Å². The molecule has 1 aliphatic rings. The van der Waals surface area contributed by atoms with Crippen LogP contribution < -0.4 is 0 Å². The fraction of sp³-hybridized carbons (Fsp3) is 0.615.